The number of aryl methyl sites for hydroxylation is 1. The van der Waals surface area contributed by atoms with E-state index in [9.17, 15) is 18.0 Å². The van der Waals surface area contributed by atoms with Crippen molar-refractivity contribution in [2.24, 2.45) is 0 Å². The van der Waals surface area contributed by atoms with Gasteiger partial charge in [-0.15, -0.1) is 0 Å². The zero-order valence-electron chi connectivity index (χ0n) is 14.2. The summed E-state index contributed by atoms with van der Waals surface area (Å²) in [7, 11) is 0. The number of carbonyl (C=O) groups is 1. The first kappa shape index (κ1) is 16.9. The van der Waals surface area contributed by atoms with Crippen LogP contribution in [0.5, 0.6) is 0 Å². The number of carbonyl (C=O) groups excluding carboxylic acids is 1. The van der Waals surface area contributed by atoms with E-state index in [-0.39, 0.29) is 5.91 Å². The Morgan fingerprint density at radius 1 is 1.27 bits per heavy atom. The van der Waals surface area contributed by atoms with Gasteiger partial charge >= 0.3 is 6.18 Å². The number of amides is 1. The van der Waals surface area contributed by atoms with Crippen molar-refractivity contribution in [1.82, 2.24) is 20.1 Å². The highest BCUT2D eigenvalue weighted by molar-refractivity contribution is 5.75. The molecule has 6 nitrogen and oxygen atoms in total. The first-order valence-electron chi connectivity index (χ1n) is 8.50. The number of rotatable bonds is 1. The lowest BCUT2D eigenvalue weighted by Gasteiger charge is -2.32. The highest BCUT2D eigenvalue weighted by Gasteiger charge is 2.34. The van der Waals surface area contributed by atoms with Gasteiger partial charge in [-0.25, -0.2) is 0 Å². The monoisotopic (exact) mass is 365 g/mol. The van der Waals surface area contributed by atoms with Crippen LogP contribution in [0.3, 0.4) is 0 Å². The number of nitrogens with zero attached hydrogens (tertiary/aromatic N) is 4. The van der Waals surface area contributed by atoms with Gasteiger partial charge in [0.2, 0.25) is 5.91 Å². The number of alkyl halides is 3. The number of hydrogen-bond donors (Lipinski definition) is 1. The Morgan fingerprint density at radius 2 is 2.08 bits per heavy atom. The summed E-state index contributed by atoms with van der Waals surface area (Å²) in [6, 6.07) is 1.15. The van der Waals surface area contributed by atoms with Crippen molar-refractivity contribution in [2.45, 2.75) is 38.9 Å². The molecule has 0 aliphatic carbocycles. The normalized spacial score (nSPS) is 17.1. The Hall–Kier alpha value is -2.58. The lowest BCUT2D eigenvalue weighted by atomic mass is 10.0. The summed E-state index contributed by atoms with van der Waals surface area (Å²) in [4.78, 5) is 19.3. The summed E-state index contributed by atoms with van der Waals surface area (Å²) in [5, 5.41) is 7.35. The van der Waals surface area contributed by atoms with Crippen molar-refractivity contribution in [2.75, 3.05) is 18.0 Å². The molecule has 9 heteroatoms. The molecule has 0 unspecified atom stereocenters. The van der Waals surface area contributed by atoms with Crippen LogP contribution >= 0.6 is 0 Å². The maximum Gasteiger partial charge on any atom is 0.417 e. The van der Waals surface area contributed by atoms with Crippen LogP contribution in [0, 0.1) is 0 Å². The highest BCUT2D eigenvalue weighted by Crippen LogP contribution is 2.39. The van der Waals surface area contributed by atoms with Gasteiger partial charge in [-0.2, -0.15) is 18.3 Å². The number of anilines is 2. The number of aromatic amines is 1. The van der Waals surface area contributed by atoms with Gasteiger partial charge in [-0.05, 0) is 18.9 Å². The van der Waals surface area contributed by atoms with E-state index in [1.54, 1.807) is 9.80 Å². The number of aromatic nitrogens is 3. The van der Waals surface area contributed by atoms with Crippen LogP contribution in [-0.2, 0) is 30.4 Å². The van der Waals surface area contributed by atoms with Crippen LogP contribution in [0.1, 0.15) is 35.9 Å². The van der Waals surface area contributed by atoms with E-state index in [0.717, 1.165) is 29.9 Å². The molecule has 2 aliphatic heterocycles. The molecular formula is C17H18F3N5O. The minimum Gasteiger partial charge on any atom is -0.338 e. The molecule has 0 saturated heterocycles. The number of fused-ring (bicyclic) bond motifs is 2. The lowest BCUT2D eigenvalue weighted by Crippen LogP contribution is -2.35. The molecule has 2 aromatic rings. The summed E-state index contributed by atoms with van der Waals surface area (Å²) in [5.74, 6) is 0.566. The third-order valence-corrected chi connectivity index (χ3v) is 4.97. The Morgan fingerprint density at radius 3 is 2.81 bits per heavy atom. The molecule has 1 N–H and O–H groups in total. The Balaban J connectivity index is 1.76. The summed E-state index contributed by atoms with van der Waals surface area (Å²) in [6.07, 6.45) is -1.48. The fraction of sp³-hybridized carbons (Fsp3) is 0.471. The summed E-state index contributed by atoms with van der Waals surface area (Å²) in [5.41, 5.74) is 2.12. The Kier molecular flexibility index (Phi) is 3.89. The lowest BCUT2D eigenvalue weighted by molar-refractivity contribution is -0.137. The molecule has 2 aliphatic rings. The first-order chi connectivity index (χ1) is 12.3. The van der Waals surface area contributed by atoms with Crippen LogP contribution < -0.4 is 4.90 Å². The third kappa shape index (κ3) is 2.81. The second kappa shape index (κ2) is 6.00. The minimum atomic E-state index is -4.44. The molecule has 4 heterocycles. The second-order valence-electron chi connectivity index (χ2n) is 6.64. The fourth-order valence-corrected chi connectivity index (χ4v) is 3.58. The minimum absolute atomic E-state index is 0.0251. The molecule has 0 fully saturated rings. The predicted octanol–water partition coefficient (Wildman–Crippen LogP) is 2.81. The maximum atomic E-state index is 13.1. The topological polar surface area (TPSA) is 65.1 Å². The van der Waals surface area contributed by atoms with Crippen molar-refractivity contribution in [3.8, 4) is 0 Å². The van der Waals surface area contributed by atoms with Crippen LogP contribution in [0.4, 0.5) is 24.7 Å². The van der Waals surface area contributed by atoms with Crippen LogP contribution in [0.15, 0.2) is 12.3 Å². The predicted molar refractivity (Wildman–Crippen MR) is 87.9 cm³/mol. The molecule has 0 spiro atoms. The van der Waals surface area contributed by atoms with Gasteiger partial charge in [-0.1, -0.05) is 0 Å². The van der Waals surface area contributed by atoms with Gasteiger partial charge in [0, 0.05) is 43.9 Å². The van der Waals surface area contributed by atoms with Crippen LogP contribution in [0.2, 0.25) is 0 Å². The van der Waals surface area contributed by atoms with Gasteiger partial charge in [-0.3, -0.25) is 14.9 Å². The SMILES string of the molecule is CC(=O)N1CCc2[nH]nc(N3CCCc4ncc(C(F)(F)F)cc43)c2C1. The summed E-state index contributed by atoms with van der Waals surface area (Å²) >= 11 is 0. The fourth-order valence-electron chi connectivity index (χ4n) is 3.58. The van der Waals surface area contributed by atoms with Crippen molar-refractivity contribution in [3.05, 3.63) is 34.8 Å². The molecule has 4 rings (SSSR count). The molecule has 0 aromatic carbocycles. The smallest absolute Gasteiger partial charge is 0.338 e. The van der Waals surface area contributed by atoms with E-state index in [0.29, 0.717) is 49.7 Å². The van der Waals surface area contributed by atoms with Gasteiger partial charge in [0.1, 0.15) is 0 Å². The number of halogens is 3. The quantitative estimate of drug-likeness (QED) is 0.844. The molecule has 138 valence electrons. The van der Waals surface area contributed by atoms with E-state index in [1.807, 2.05) is 0 Å². The molecule has 0 bridgehead atoms. The number of H-pyrrole nitrogens is 1. The zero-order chi connectivity index (χ0) is 18.5. The van der Waals surface area contributed by atoms with Gasteiger partial charge in [0.05, 0.1) is 23.5 Å². The Labute approximate surface area is 148 Å². The molecule has 0 saturated carbocycles. The first-order valence-corrected chi connectivity index (χ1v) is 8.50. The van der Waals surface area contributed by atoms with Gasteiger partial charge in [0.15, 0.2) is 5.82 Å². The molecule has 2 aromatic heterocycles. The average Bonchev–Trinajstić information content (AvgIpc) is 3.02. The van der Waals surface area contributed by atoms with Crippen LogP contribution in [0.25, 0.3) is 0 Å². The molecular weight excluding hydrogens is 347 g/mol. The molecule has 1 amide bonds. The van der Waals surface area contributed by atoms with Crippen LogP contribution in [-0.4, -0.2) is 39.1 Å². The van der Waals surface area contributed by atoms with E-state index in [2.05, 4.69) is 15.2 Å². The van der Waals surface area contributed by atoms with Crippen molar-refractivity contribution in [1.29, 1.82) is 0 Å². The molecule has 0 radical (unpaired) electrons. The van der Waals surface area contributed by atoms with E-state index >= 15 is 0 Å². The van der Waals surface area contributed by atoms with Crippen molar-refractivity contribution >= 4 is 17.4 Å². The zero-order valence-corrected chi connectivity index (χ0v) is 14.2. The van der Waals surface area contributed by atoms with Crippen molar-refractivity contribution < 1.29 is 18.0 Å². The third-order valence-electron chi connectivity index (χ3n) is 4.97. The highest BCUT2D eigenvalue weighted by atomic mass is 19.4. The second-order valence-corrected chi connectivity index (χ2v) is 6.64. The summed E-state index contributed by atoms with van der Waals surface area (Å²) < 4.78 is 39.3. The van der Waals surface area contributed by atoms with Crippen molar-refractivity contribution in [3.63, 3.8) is 0 Å². The summed E-state index contributed by atoms with van der Waals surface area (Å²) in [6.45, 7) is 3.10. The van der Waals surface area contributed by atoms with E-state index < -0.39 is 11.7 Å². The molecule has 0 atom stereocenters. The van der Waals surface area contributed by atoms with Gasteiger partial charge < -0.3 is 9.80 Å². The van der Waals surface area contributed by atoms with E-state index in [1.165, 1.54) is 6.92 Å². The number of pyridine rings is 1. The van der Waals surface area contributed by atoms with Gasteiger partial charge in [0.25, 0.3) is 0 Å². The molecule has 26 heavy (non-hydrogen) atoms. The standard InChI is InChI=1S/C17H18F3N5O/c1-10(26)24-6-4-13-12(9-24)16(23-22-13)25-5-2-3-14-15(25)7-11(8-21-14)17(18,19)20/h7-8H,2-6,9H2,1H3,(H,22,23). The largest absolute Gasteiger partial charge is 0.417 e. The van der Waals surface area contributed by atoms with E-state index in [4.69, 9.17) is 0 Å². The maximum absolute atomic E-state index is 13.1. The number of nitrogens with one attached hydrogen (secondary N) is 1. The average molecular weight is 365 g/mol. The number of hydrogen-bond acceptors (Lipinski definition) is 4. The Bertz CT molecular complexity index is 861.